The lowest BCUT2D eigenvalue weighted by atomic mass is 10.0. The fourth-order valence-electron chi connectivity index (χ4n) is 4.25. The van der Waals surface area contributed by atoms with Crippen LogP contribution in [0.3, 0.4) is 0 Å². The quantitative estimate of drug-likeness (QED) is 0.376. The Morgan fingerprint density at radius 1 is 0.921 bits per heavy atom. The first-order valence-corrected chi connectivity index (χ1v) is 14.3. The second-order valence-corrected chi connectivity index (χ2v) is 11.1. The number of amides is 2. The molecule has 3 aromatic carbocycles. The molecular formula is C29H34FN3O4S. The predicted molar refractivity (Wildman–Crippen MR) is 148 cm³/mol. The average molecular weight is 540 g/mol. The lowest BCUT2D eigenvalue weighted by Gasteiger charge is -2.31. The van der Waals surface area contributed by atoms with E-state index in [0.717, 1.165) is 27.3 Å². The molecule has 0 saturated heterocycles. The fourth-order valence-corrected chi connectivity index (χ4v) is 5.21. The molecule has 0 heterocycles. The zero-order valence-electron chi connectivity index (χ0n) is 21.9. The second kappa shape index (κ2) is 13.2. The van der Waals surface area contributed by atoms with Crippen LogP contribution in [0.1, 0.15) is 29.5 Å². The molecule has 7 nitrogen and oxygen atoms in total. The maximum Gasteiger partial charge on any atom is 0.242 e. The molecule has 0 radical (unpaired) electrons. The number of nitrogens with one attached hydrogen (secondary N) is 1. The van der Waals surface area contributed by atoms with Crippen LogP contribution < -0.4 is 9.62 Å². The van der Waals surface area contributed by atoms with Crippen LogP contribution in [0.25, 0.3) is 0 Å². The van der Waals surface area contributed by atoms with Crippen LogP contribution in [0.4, 0.5) is 10.1 Å². The number of nitrogens with zero attached hydrogens (tertiary/aromatic N) is 2. The van der Waals surface area contributed by atoms with Gasteiger partial charge in [-0.1, -0.05) is 72.3 Å². The van der Waals surface area contributed by atoms with Crippen molar-refractivity contribution in [3.63, 3.8) is 0 Å². The van der Waals surface area contributed by atoms with Crippen LogP contribution in [0.5, 0.6) is 0 Å². The normalized spacial score (nSPS) is 12.0. The number of hydrogen-bond acceptors (Lipinski definition) is 4. The number of halogens is 1. The molecule has 0 aromatic heterocycles. The Bertz CT molecular complexity index is 1330. The number of sulfonamides is 1. The van der Waals surface area contributed by atoms with Crippen molar-refractivity contribution in [1.29, 1.82) is 0 Å². The summed E-state index contributed by atoms with van der Waals surface area (Å²) in [5.74, 6) is -1.25. The number of carbonyl (C=O) groups is 2. The molecule has 0 saturated carbocycles. The summed E-state index contributed by atoms with van der Waals surface area (Å²) in [6.07, 6.45) is 1.46. The van der Waals surface area contributed by atoms with Gasteiger partial charge in [0.25, 0.3) is 0 Å². The number of hydrogen-bond donors (Lipinski definition) is 1. The number of aryl methyl sites for hydroxylation is 1. The van der Waals surface area contributed by atoms with Gasteiger partial charge in [-0.3, -0.25) is 13.9 Å². The van der Waals surface area contributed by atoms with Crippen molar-refractivity contribution in [3.05, 3.63) is 101 Å². The van der Waals surface area contributed by atoms with Gasteiger partial charge >= 0.3 is 0 Å². The maximum atomic E-state index is 14.4. The predicted octanol–water partition coefficient (Wildman–Crippen LogP) is 4.07. The van der Waals surface area contributed by atoms with Crippen molar-refractivity contribution < 1.29 is 22.4 Å². The molecule has 3 rings (SSSR count). The Morgan fingerprint density at radius 2 is 1.55 bits per heavy atom. The molecule has 2 amide bonds. The number of rotatable bonds is 12. The minimum Gasteiger partial charge on any atom is -0.357 e. The van der Waals surface area contributed by atoms with E-state index in [-0.39, 0.29) is 43.4 Å². The molecule has 1 N–H and O–H groups in total. The lowest BCUT2D eigenvalue weighted by Crippen LogP contribution is -2.49. The van der Waals surface area contributed by atoms with Crippen molar-refractivity contribution in [3.8, 4) is 0 Å². The van der Waals surface area contributed by atoms with E-state index in [1.807, 2.05) is 61.5 Å². The summed E-state index contributed by atoms with van der Waals surface area (Å²) in [5.41, 5.74) is 2.79. The van der Waals surface area contributed by atoms with Gasteiger partial charge in [0.05, 0.1) is 11.9 Å². The van der Waals surface area contributed by atoms with Crippen molar-refractivity contribution in [2.45, 2.75) is 38.8 Å². The average Bonchev–Trinajstić information content (AvgIpc) is 2.89. The van der Waals surface area contributed by atoms with E-state index in [0.29, 0.717) is 6.42 Å². The Kier molecular flexibility index (Phi) is 10.0. The minimum atomic E-state index is -3.78. The van der Waals surface area contributed by atoms with Gasteiger partial charge in [-0.2, -0.15) is 0 Å². The molecule has 0 aliphatic rings. The smallest absolute Gasteiger partial charge is 0.242 e. The largest absolute Gasteiger partial charge is 0.357 e. The highest BCUT2D eigenvalue weighted by molar-refractivity contribution is 7.92. The van der Waals surface area contributed by atoms with Crippen molar-refractivity contribution in [2.75, 3.05) is 24.2 Å². The molecule has 0 bridgehead atoms. The summed E-state index contributed by atoms with van der Waals surface area (Å²) in [4.78, 5) is 28.2. The Labute approximate surface area is 224 Å². The van der Waals surface area contributed by atoms with Crippen molar-refractivity contribution in [1.82, 2.24) is 10.2 Å². The lowest BCUT2D eigenvalue weighted by molar-refractivity contribution is -0.141. The van der Waals surface area contributed by atoms with Gasteiger partial charge in [0, 0.05) is 33.0 Å². The molecule has 0 aliphatic carbocycles. The summed E-state index contributed by atoms with van der Waals surface area (Å²) in [6.45, 7) is 2.11. The van der Waals surface area contributed by atoms with E-state index in [2.05, 4.69) is 5.32 Å². The number of benzene rings is 3. The first kappa shape index (κ1) is 28.8. The minimum absolute atomic E-state index is 0.0192. The molecule has 0 fully saturated rings. The van der Waals surface area contributed by atoms with Crippen LogP contribution in [-0.2, 0) is 32.6 Å². The summed E-state index contributed by atoms with van der Waals surface area (Å²) in [5, 5.41) is 2.68. The number of carbonyl (C=O) groups excluding carboxylic acids is 2. The third-order valence-electron chi connectivity index (χ3n) is 6.26. The third kappa shape index (κ3) is 7.89. The van der Waals surface area contributed by atoms with E-state index < -0.39 is 21.9 Å². The van der Waals surface area contributed by atoms with Crippen LogP contribution >= 0.6 is 0 Å². The molecule has 202 valence electrons. The maximum absolute atomic E-state index is 14.4. The first-order valence-electron chi connectivity index (χ1n) is 12.4. The van der Waals surface area contributed by atoms with Crippen LogP contribution in [0.15, 0.2) is 78.9 Å². The third-order valence-corrected chi connectivity index (χ3v) is 7.44. The number of anilines is 1. The summed E-state index contributed by atoms with van der Waals surface area (Å²) >= 11 is 0. The molecule has 0 spiro atoms. The summed E-state index contributed by atoms with van der Waals surface area (Å²) in [6, 6.07) is 22.0. The first-order chi connectivity index (χ1) is 18.1. The zero-order chi connectivity index (χ0) is 27.7. The van der Waals surface area contributed by atoms with Gasteiger partial charge in [-0.25, -0.2) is 12.8 Å². The molecule has 1 atom stereocenters. The molecular weight excluding hydrogens is 505 g/mol. The Balaban J connectivity index is 1.84. The van der Waals surface area contributed by atoms with E-state index >= 15 is 0 Å². The van der Waals surface area contributed by atoms with E-state index in [9.17, 15) is 22.4 Å². The highest BCUT2D eigenvalue weighted by atomic mass is 32.2. The fraction of sp³-hybridized carbons (Fsp3) is 0.310. The monoisotopic (exact) mass is 539 g/mol. The standard InChI is InChI=1S/C29H34FN3O4S/c1-22-15-17-24(18-16-22)21-32(27(29(35)31-2)20-23-10-5-4-6-11-23)28(34)14-9-19-33(38(3,36)37)26-13-8-7-12-25(26)30/h4-8,10-13,15-18,27H,9,14,19-21H2,1-3H3,(H,31,35). The van der Waals surface area contributed by atoms with E-state index in [4.69, 9.17) is 0 Å². The van der Waals surface area contributed by atoms with Gasteiger partial charge in [0.2, 0.25) is 21.8 Å². The Hall–Kier alpha value is -3.72. The summed E-state index contributed by atoms with van der Waals surface area (Å²) in [7, 11) is -2.25. The second-order valence-electron chi connectivity index (χ2n) is 9.22. The molecule has 38 heavy (non-hydrogen) atoms. The van der Waals surface area contributed by atoms with Gasteiger partial charge in [0.1, 0.15) is 11.9 Å². The number of likely N-dealkylation sites (N-methyl/N-ethyl adjacent to an activating group) is 1. The van der Waals surface area contributed by atoms with Crippen molar-refractivity contribution >= 4 is 27.5 Å². The zero-order valence-corrected chi connectivity index (χ0v) is 22.7. The molecule has 0 aliphatic heterocycles. The Morgan fingerprint density at radius 3 is 2.16 bits per heavy atom. The highest BCUT2D eigenvalue weighted by Crippen LogP contribution is 2.23. The summed E-state index contributed by atoms with van der Waals surface area (Å²) < 4.78 is 40.2. The van der Waals surface area contributed by atoms with Gasteiger partial charge in [0.15, 0.2) is 0 Å². The molecule has 1 unspecified atom stereocenters. The van der Waals surface area contributed by atoms with Crippen LogP contribution in [-0.4, -0.2) is 51.0 Å². The molecule has 3 aromatic rings. The topological polar surface area (TPSA) is 86.8 Å². The van der Waals surface area contributed by atoms with Gasteiger partial charge < -0.3 is 10.2 Å². The van der Waals surface area contributed by atoms with Crippen LogP contribution in [0.2, 0.25) is 0 Å². The SMILES string of the molecule is CNC(=O)C(Cc1ccccc1)N(Cc1ccc(C)cc1)C(=O)CCCN(c1ccccc1F)S(C)(=O)=O. The van der Waals surface area contributed by atoms with Crippen LogP contribution in [0, 0.1) is 12.7 Å². The molecule has 9 heteroatoms. The van der Waals surface area contributed by atoms with Gasteiger partial charge in [-0.15, -0.1) is 0 Å². The van der Waals surface area contributed by atoms with Crippen molar-refractivity contribution in [2.24, 2.45) is 0 Å². The number of para-hydroxylation sites is 1. The van der Waals surface area contributed by atoms with E-state index in [1.54, 1.807) is 11.0 Å². The van der Waals surface area contributed by atoms with E-state index in [1.165, 1.54) is 25.2 Å². The van der Waals surface area contributed by atoms with Gasteiger partial charge in [-0.05, 0) is 36.6 Å². The highest BCUT2D eigenvalue weighted by Gasteiger charge is 2.30.